The number of nitrogens with two attached hydrogens (primary N) is 1. The molecule has 1 fully saturated rings. The maximum atomic E-state index is 5.73. The fourth-order valence-electron chi connectivity index (χ4n) is 2.36. The first kappa shape index (κ1) is 11.4. The number of hydrogen-bond donors (Lipinski definition) is 1. The Kier molecular flexibility index (Phi) is 3.13. The molecule has 0 bridgehead atoms. The molecule has 3 rings (SSSR count). The Morgan fingerprint density at radius 1 is 1.22 bits per heavy atom. The third-order valence-corrected chi connectivity index (χ3v) is 3.29. The molecule has 0 radical (unpaired) electrons. The van der Waals surface area contributed by atoms with Gasteiger partial charge in [-0.1, -0.05) is 24.3 Å². The van der Waals surface area contributed by atoms with Gasteiger partial charge in [0.05, 0.1) is 18.9 Å². The zero-order valence-corrected chi connectivity index (χ0v) is 10.3. The molecule has 4 heteroatoms. The van der Waals surface area contributed by atoms with Crippen LogP contribution in [0.3, 0.4) is 0 Å². The molecule has 1 aromatic heterocycles. The molecule has 0 amide bonds. The minimum Gasteiger partial charge on any atom is -0.378 e. The lowest BCUT2D eigenvalue weighted by Crippen LogP contribution is -2.37. The standard InChI is InChI=1S/C14H17N3O/c15-10-12-9-11-3-1-2-4-13(11)14(16-12)17-5-7-18-8-6-17/h1-4,9H,5-8,10,15H2. The highest BCUT2D eigenvalue weighted by atomic mass is 16.5. The van der Waals surface area contributed by atoms with Gasteiger partial charge in [-0.15, -0.1) is 0 Å². The number of morpholine rings is 1. The van der Waals surface area contributed by atoms with Crippen molar-refractivity contribution in [2.24, 2.45) is 5.73 Å². The van der Waals surface area contributed by atoms with E-state index in [0.29, 0.717) is 6.54 Å². The topological polar surface area (TPSA) is 51.4 Å². The first-order valence-electron chi connectivity index (χ1n) is 6.30. The highest BCUT2D eigenvalue weighted by molar-refractivity contribution is 5.92. The predicted octanol–water partition coefficient (Wildman–Crippen LogP) is 1.53. The van der Waals surface area contributed by atoms with Crippen LogP contribution in [0.15, 0.2) is 30.3 Å². The van der Waals surface area contributed by atoms with Gasteiger partial charge >= 0.3 is 0 Å². The van der Waals surface area contributed by atoms with Gasteiger partial charge in [-0.05, 0) is 11.5 Å². The fraction of sp³-hybridized carbons (Fsp3) is 0.357. The average molecular weight is 243 g/mol. The molecule has 0 atom stereocenters. The molecule has 2 heterocycles. The molecule has 94 valence electrons. The van der Waals surface area contributed by atoms with Gasteiger partial charge in [0, 0.05) is 25.0 Å². The van der Waals surface area contributed by atoms with Crippen LogP contribution in [0.1, 0.15) is 5.69 Å². The molecule has 0 spiro atoms. The van der Waals surface area contributed by atoms with E-state index in [1.54, 1.807) is 0 Å². The van der Waals surface area contributed by atoms with Gasteiger partial charge in [-0.2, -0.15) is 0 Å². The summed E-state index contributed by atoms with van der Waals surface area (Å²) in [6.07, 6.45) is 0. The van der Waals surface area contributed by atoms with E-state index >= 15 is 0 Å². The lowest BCUT2D eigenvalue weighted by molar-refractivity contribution is 0.122. The van der Waals surface area contributed by atoms with Crippen molar-refractivity contribution in [3.8, 4) is 0 Å². The molecule has 4 nitrogen and oxygen atoms in total. The summed E-state index contributed by atoms with van der Waals surface area (Å²) < 4.78 is 5.40. The van der Waals surface area contributed by atoms with Crippen LogP contribution < -0.4 is 10.6 Å². The third kappa shape index (κ3) is 2.05. The van der Waals surface area contributed by atoms with E-state index in [1.807, 2.05) is 6.07 Å². The summed E-state index contributed by atoms with van der Waals surface area (Å²) in [4.78, 5) is 6.97. The third-order valence-electron chi connectivity index (χ3n) is 3.29. The maximum Gasteiger partial charge on any atom is 0.136 e. The molecular weight excluding hydrogens is 226 g/mol. The van der Waals surface area contributed by atoms with Gasteiger partial charge in [0.1, 0.15) is 5.82 Å². The zero-order chi connectivity index (χ0) is 12.4. The first-order valence-corrected chi connectivity index (χ1v) is 6.30. The number of ether oxygens (including phenoxy) is 1. The van der Waals surface area contributed by atoms with E-state index in [0.717, 1.165) is 37.8 Å². The van der Waals surface area contributed by atoms with Crippen LogP contribution in [-0.2, 0) is 11.3 Å². The fourth-order valence-corrected chi connectivity index (χ4v) is 2.36. The van der Waals surface area contributed by atoms with Crippen LogP contribution in [0.5, 0.6) is 0 Å². The highest BCUT2D eigenvalue weighted by Gasteiger charge is 2.15. The van der Waals surface area contributed by atoms with Crippen LogP contribution >= 0.6 is 0 Å². The van der Waals surface area contributed by atoms with Crippen molar-refractivity contribution < 1.29 is 4.74 Å². The average Bonchev–Trinajstić information content (AvgIpc) is 2.47. The molecule has 0 saturated carbocycles. The summed E-state index contributed by atoms with van der Waals surface area (Å²) in [5.74, 6) is 1.04. The quantitative estimate of drug-likeness (QED) is 0.869. The van der Waals surface area contributed by atoms with Crippen molar-refractivity contribution in [2.45, 2.75) is 6.54 Å². The van der Waals surface area contributed by atoms with Crippen molar-refractivity contribution in [3.63, 3.8) is 0 Å². The van der Waals surface area contributed by atoms with Gasteiger partial charge in [0.2, 0.25) is 0 Å². The number of aromatic nitrogens is 1. The van der Waals surface area contributed by atoms with Crippen LogP contribution in [0.25, 0.3) is 10.8 Å². The van der Waals surface area contributed by atoms with Crippen molar-refractivity contribution >= 4 is 16.6 Å². The van der Waals surface area contributed by atoms with E-state index in [1.165, 1.54) is 10.8 Å². The molecule has 1 aliphatic heterocycles. The monoisotopic (exact) mass is 243 g/mol. The molecule has 0 aliphatic carbocycles. The maximum absolute atomic E-state index is 5.73. The summed E-state index contributed by atoms with van der Waals surface area (Å²) in [5.41, 5.74) is 6.67. The summed E-state index contributed by atoms with van der Waals surface area (Å²) in [6.45, 7) is 3.80. The number of pyridine rings is 1. The van der Waals surface area contributed by atoms with Gasteiger partial charge in [0.15, 0.2) is 0 Å². The van der Waals surface area contributed by atoms with Crippen molar-refractivity contribution in [3.05, 3.63) is 36.0 Å². The largest absolute Gasteiger partial charge is 0.378 e. The van der Waals surface area contributed by atoms with Crippen molar-refractivity contribution in [1.82, 2.24) is 4.98 Å². The number of rotatable bonds is 2. The number of benzene rings is 1. The second kappa shape index (κ2) is 4.92. The Hall–Kier alpha value is -1.65. The molecule has 1 aromatic carbocycles. The molecular formula is C14H17N3O. The zero-order valence-electron chi connectivity index (χ0n) is 10.3. The second-order valence-corrected chi connectivity index (χ2v) is 4.46. The van der Waals surface area contributed by atoms with Crippen LogP contribution in [-0.4, -0.2) is 31.3 Å². The summed E-state index contributed by atoms with van der Waals surface area (Å²) in [5, 5.41) is 2.39. The lowest BCUT2D eigenvalue weighted by Gasteiger charge is -2.29. The molecule has 18 heavy (non-hydrogen) atoms. The number of nitrogens with zero attached hydrogens (tertiary/aromatic N) is 2. The van der Waals surface area contributed by atoms with Crippen LogP contribution in [0.2, 0.25) is 0 Å². The Morgan fingerprint density at radius 2 is 2.00 bits per heavy atom. The molecule has 0 unspecified atom stereocenters. The van der Waals surface area contributed by atoms with E-state index in [-0.39, 0.29) is 0 Å². The number of anilines is 1. The Morgan fingerprint density at radius 3 is 2.78 bits per heavy atom. The minimum absolute atomic E-state index is 0.474. The highest BCUT2D eigenvalue weighted by Crippen LogP contribution is 2.26. The van der Waals surface area contributed by atoms with E-state index in [9.17, 15) is 0 Å². The van der Waals surface area contributed by atoms with Gasteiger partial charge < -0.3 is 15.4 Å². The van der Waals surface area contributed by atoms with Gasteiger partial charge in [0.25, 0.3) is 0 Å². The molecule has 2 N–H and O–H groups in total. The Bertz CT molecular complexity index is 550. The molecule has 1 aliphatic rings. The van der Waals surface area contributed by atoms with Crippen LogP contribution in [0, 0.1) is 0 Å². The van der Waals surface area contributed by atoms with E-state index in [2.05, 4.69) is 34.1 Å². The smallest absolute Gasteiger partial charge is 0.136 e. The van der Waals surface area contributed by atoms with Gasteiger partial charge in [-0.3, -0.25) is 0 Å². The van der Waals surface area contributed by atoms with E-state index < -0.39 is 0 Å². The van der Waals surface area contributed by atoms with Crippen molar-refractivity contribution in [1.29, 1.82) is 0 Å². The van der Waals surface area contributed by atoms with Crippen LogP contribution in [0.4, 0.5) is 5.82 Å². The first-order chi connectivity index (χ1) is 8.88. The Labute approximate surface area is 106 Å². The van der Waals surface area contributed by atoms with Crippen molar-refractivity contribution in [2.75, 3.05) is 31.2 Å². The summed E-state index contributed by atoms with van der Waals surface area (Å²) in [6, 6.07) is 10.4. The molecule has 2 aromatic rings. The molecule has 1 saturated heterocycles. The Balaban J connectivity index is 2.12. The number of hydrogen-bond acceptors (Lipinski definition) is 4. The second-order valence-electron chi connectivity index (χ2n) is 4.46. The number of fused-ring (bicyclic) bond motifs is 1. The summed E-state index contributed by atoms with van der Waals surface area (Å²) >= 11 is 0. The predicted molar refractivity (Wildman–Crippen MR) is 72.7 cm³/mol. The normalized spacial score (nSPS) is 16.2. The minimum atomic E-state index is 0.474. The van der Waals surface area contributed by atoms with Gasteiger partial charge in [-0.25, -0.2) is 4.98 Å². The lowest BCUT2D eigenvalue weighted by atomic mass is 10.1. The van der Waals surface area contributed by atoms with E-state index in [4.69, 9.17) is 10.5 Å². The SMILES string of the molecule is NCc1cc2ccccc2c(N2CCOCC2)n1. The summed E-state index contributed by atoms with van der Waals surface area (Å²) in [7, 11) is 0.